The summed E-state index contributed by atoms with van der Waals surface area (Å²) in [6.45, 7) is 7.25. The van der Waals surface area contributed by atoms with Crippen molar-refractivity contribution in [3.63, 3.8) is 0 Å². The maximum atomic E-state index is 5.40. The van der Waals surface area contributed by atoms with Crippen molar-refractivity contribution in [2.75, 3.05) is 13.2 Å². The molecule has 0 aliphatic heterocycles. The predicted octanol–water partition coefficient (Wildman–Crippen LogP) is 4.91. The lowest BCUT2D eigenvalue weighted by atomic mass is 9.99. The molecule has 0 saturated heterocycles. The van der Waals surface area contributed by atoms with Crippen molar-refractivity contribution >= 4 is 0 Å². The van der Waals surface area contributed by atoms with Crippen LogP contribution in [-0.4, -0.2) is 13.2 Å². The molecule has 2 rings (SSSR count). The fourth-order valence-electron chi connectivity index (χ4n) is 2.49. The number of hydrogen-bond donors (Lipinski definition) is 0. The van der Waals surface area contributed by atoms with Crippen LogP contribution >= 0.6 is 0 Å². The summed E-state index contributed by atoms with van der Waals surface area (Å²) < 4.78 is 5.40. The monoisotopic (exact) mass is 293 g/mol. The minimum Gasteiger partial charge on any atom is -0.377 e. The number of benzene rings is 2. The first-order valence-corrected chi connectivity index (χ1v) is 8.02. The van der Waals surface area contributed by atoms with E-state index in [4.69, 9.17) is 4.74 Å². The number of hydrogen-bond acceptors (Lipinski definition) is 1. The Labute approximate surface area is 134 Å². The summed E-state index contributed by atoms with van der Waals surface area (Å²) in [5.74, 6) is 0. The molecule has 0 unspecified atom stereocenters. The maximum absolute atomic E-state index is 5.40. The van der Waals surface area contributed by atoms with Gasteiger partial charge in [0.05, 0.1) is 6.61 Å². The number of aryl methyl sites for hydroxylation is 2. The van der Waals surface area contributed by atoms with Crippen LogP contribution in [0.25, 0.3) is 0 Å². The highest BCUT2D eigenvalue weighted by Crippen LogP contribution is 2.15. The van der Waals surface area contributed by atoms with Crippen LogP contribution in [-0.2, 0) is 17.6 Å². The molecule has 0 heterocycles. The van der Waals surface area contributed by atoms with E-state index in [2.05, 4.69) is 56.0 Å². The van der Waals surface area contributed by atoms with Gasteiger partial charge in [-0.05, 0) is 60.9 Å². The highest BCUT2D eigenvalue weighted by Gasteiger charge is 2.00. The zero-order valence-corrected chi connectivity index (χ0v) is 13.5. The summed E-state index contributed by atoms with van der Waals surface area (Å²) in [6, 6.07) is 18.5. The third-order valence-electron chi connectivity index (χ3n) is 3.83. The Hall–Kier alpha value is -1.86. The van der Waals surface area contributed by atoms with Gasteiger partial charge in [0.2, 0.25) is 0 Å². The van der Waals surface area contributed by atoms with Crippen LogP contribution in [0, 0.1) is 13.0 Å². The van der Waals surface area contributed by atoms with Crippen LogP contribution in [0.1, 0.15) is 35.1 Å². The van der Waals surface area contributed by atoms with Gasteiger partial charge in [0.15, 0.2) is 0 Å². The summed E-state index contributed by atoms with van der Waals surface area (Å²) in [5, 5.41) is 0. The van der Waals surface area contributed by atoms with E-state index in [1.807, 2.05) is 6.07 Å². The second kappa shape index (κ2) is 9.22. The summed E-state index contributed by atoms with van der Waals surface area (Å²) in [5.41, 5.74) is 5.37. The fraction of sp³-hybridized carbons (Fsp3) is 0.333. The molecule has 0 atom stereocenters. The normalized spacial score (nSPS) is 10.6. The van der Waals surface area contributed by atoms with Crippen molar-refractivity contribution in [2.24, 2.45) is 0 Å². The Morgan fingerprint density at radius 2 is 1.86 bits per heavy atom. The Balaban J connectivity index is 1.78. The SMILES string of the molecule is C=CCOCCCCc1ccc(Cc2ccc[c]c2C)cc1. The van der Waals surface area contributed by atoms with Crippen molar-refractivity contribution in [1.29, 1.82) is 0 Å². The Kier molecular flexibility index (Phi) is 6.92. The van der Waals surface area contributed by atoms with E-state index in [-0.39, 0.29) is 0 Å². The Bertz CT molecular complexity index is 569. The molecule has 0 N–H and O–H groups in total. The molecule has 2 aromatic rings. The predicted molar refractivity (Wildman–Crippen MR) is 93.2 cm³/mol. The molecule has 0 fully saturated rings. The first kappa shape index (κ1) is 16.5. The smallest absolute Gasteiger partial charge is 0.0644 e. The van der Waals surface area contributed by atoms with Gasteiger partial charge < -0.3 is 4.74 Å². The van der Waals surface area contributed by atoms with Crippen molar-refractivity contribution in [2.45, 2.75) is 32.6 Å². The van der Waals surface area contributed by atoms with Gasteiger partial charge in [-0.25, -0.2) is 0 Å². The van der Waals surface area contributed by atoms with E-state index in [9.17, 15) is 0 Å². The van der Waals surface area contributed by atoms with Crippen LogP contribution in [0.4, 0.5) is 0 Å². The molecule has 0 saturated carbocycles. The molecule has 0 aliphatic rings. The zero-order chi connectivity index (χ0) is 15.6. The van der Waals surface area contributed by atoms with Gasteiger partial charge in [-0.15, -0.1) is 6.58 Å². The lowest BCUT2D eigenvalue weighted by Crippen LogP contribution is -1.96. The molecule has 0 aromatic heterocycles. The Morgan fingerprint density at radius 3 is 2.59 bits per heavy atom. The highest BCUT2D eigenvalue weighted by molar-refractivity contribution is 5.32. The minimum atomic E-state index is 0.658. The standard InChI is InChI=1S/C21H25O/c1-3-15-22-16-7-6-9-19-11-13-20(14-12-19)17-21-10-5-4-8-18(21)2/h3-5,10-14H,1,6-7,9,15-17H2,2H3. The quantitative estimate of drug-likeness (QED) is 0.471. The van der Waals surface area contributed by atoms with Gasteiger partial charge >= 0.3 is 0 Å². The van der Waals surface area contributed by atoms with E-state index in [0.29, 0.717) is 6.61 Å². The lowest BCUT2D eigenvalue weighted by Gasteiger charge is -2.07. The minimum absolute atomic E-state index is 0.658. The van der Waals surface area contributed by atoms with Crippen molar-refractivity contribution < 1.29 is 4.74 Å². The summed E-state index contributed by atoms with van der Waals surface area (Å²) >= 11 is 0. The van der Waals surface area contributed by atoms with Gasteiger partial charge in [-0.2, -0.15) is 0 Å². The molecule has 0 amide bonds. The average molecular weight is 293 g/mol. The van der Waals surface area contributed by atoms with Gasteiger partial charge in [0, 0.05) is 6.61 Å². The topological polar surface area (TPSA) is 9.23 Å². The molecule has 0 aliphatic carbocycles. The van der Waals surface area contributed by atoms with E-state index in [1.54, 1.807) is 6.08 Å². The van der Waals surface area contributed by atoms with Gasteiger partial charge in [0.1, 0.15) is 0 Å². The third-order valence-corrected chi connectivity index (χ3v) is 3.83. The van der Waals surface area contributed by atoms with E-state index in [1.165, 1.54) is 28.7 Å². The first-order valence-electron chi connectivity index (χ1n) is 8.02. The molecule has 115 valence electrons. The van der Waals surface area contributed by atoms with Crippen LogP contribution < -0.4 is 0 Å². The molecule has 0 spiro atoms. The van der Waals surface area contributed by atoms with Crippen molar-refractivity contribution in [1.82, 2.24) is 0 Å². The largest absolute Gasteiger partial charge is 0.377 e. The second-order valence-electron chi connectivity index (χ2n) is 5.63. The molecule has 1 heteroatoms. The van der Waals surface area contributed by atoms with E-state index < -0.39 is 0 Å². The van der Waals surface area contributed by atoms with Crippen LogP contribution in [0.15, 0.2) is 55.1 Å². The van der Waals surface area contributed by atoms with Crippen molar-refractivity contribution in [3.05, 3.63) is 83.4 Å². The first-order chi connectivity index (χ1) is 10.8. The summed E-state index contributed by atoms with van der Waals surface area (Å²) in [7, 11) is 0. The third kappa shape index (κ3) is 5.50. The summed E-state index contributed by atoms with van der Waals surface area (Å²) in [6.07, 6.45) is 6.18. The second-order valence-corrected chi connectivity index (χ2v) is 5.63. The van der Waals surface area contributed by atoms with Crippen molar-refractivity contribution in [3.8, 4) is 0 Å². The van der Waals surface area contributed by atoms with Gasteiger partial charge in [-0.3, -0.25) is 0 Å². The Morgan fingerprint density at radius 1 is 1.09 bits per heavy atom. The molecular formula is C21H25O. The van der Waals surface area contributed by atoms with Gasteiger partial charge in [-0.1, -0.05) is 48.5 Å². The van der Waals surface area contributed by atoms with E-state index in [0.717, 1.165) is 25.9 Å². The molecule has 0 bridgehead atoms. The molecule has 1 nitrogen and oxygen atoms in total. The molecule has 1 radical (unpaired) electrons. The van der Waals surface area contributed by atoms with Crippen LogP contribution in [0.2, 0.25) is 0 Å². The number of unbranched alkanes of at least 4 members (excludes halogenated alkanes) is 1. The molecular weight excluding hydrogens is 268 g/mol. The number of ether oxygens (including phenoxy) is 1. The van der Waals surface area contributed by atoms with Gasteiger partial charge in [0.25, 0.3) is 0 Å². The lowest BCUT2D eigenvalue weighted by molar-refractivity contribution is 0.158. The molecule has 2 aromatic carbocycles. The maximum Gasteiger partial charge on any atom is 0.0644 e. The van der Waals surface area contributed by atoms with Crippen LogP contribution in [0.3, 0.4) is 0 Å². The summed E-state index contributed by atoms with van der Waals surface area (Å²) in [4.78, 5) is 0. The fourth-order valence-corrected chi connectivity index (χ4v) is 2.49. The van der Waals surface area contributed by atoms with E-state index >= 15 is 0 Å². The van der Waals surface area contributed by atoms with Crippen LogP contribution in [0.5, 0.6) is 0 Å². The number of rotatable bonds is 9. The zero-order valence-electron chi connectivity index (χ0n) is 13.5. The average Bonchev–Trinajstić information content (AvgIpc) is 2.54. The molecule has 22 heavy (non-hydrogen) atoms. The highest BCUT2D eigenvalue weighted by atomic mass is 16.5.